The Kier molecular flexibility index (Phi) is 10.9. The lowest BCUT2D eigenvalue weighted by Crippen LogP contribution is -2.55. The summed E-state index contributed by atoms with van der Waals surface area (Å²) in [5.41, 5.74) is 4.20. The van der Waals surface area contributed by atoms with Crippen molar-refractivity contribution < 1.29 is 18.0 Å². The van der Waals surface area contributed by atoms with Crippen LogP contribution < -0.4 is 9.62 Å². The summed E-state index contributed by atoms with van der Waals surface area (Å²) in [5.74, 6) is -0.676. The molecule has 0 aliphatic heterocycles. The molecule has 8 heteroatoms. The number of nitrogens with one attached hydrogen (secondary N) is 1. The van der Waals surface area contributed by atoms with Gasteiger partial charge in [0.1, 0.15) is 12.6 Å². The van der Waals surface area contributed by atoms with Gasteiger partial charge in [-0.25, -0.2) is 8.42 Å². The number of carbonyl (C=O) groups is 2. The quantitative estimate of drug-likeness (QED) is 0.190. The Bertz CT molecular complexity index is 1690. The Morgan fingerprint density at radius 2 is 1.30 bits per heavy atom. The van der Waals surface area contributed by atoms with Crippen LogP contribution >= 0.6 is 0 Å². The first-order valence-electron chi connectivity index (χ1n) is 16.0. The molecule has 0 saturated heterocycles. The van der Waals surface area contributed by atoms with Crippen LogP contribution in [0.15, 0.2) is 114 Å². The maximum Gasteiger partial charge on any atom is 0.264 e. The van der Waals surface area contributed by atoms with Gasteiger partial charge in [0.2, 0.25) is 11.8 Å². The number of aryl methyl sites for hydroxylation is 2. The molecular formula is C38H43N3O4S. The summed E-state index contributed by atoms with van der Waals surface area (Å²) in [7, 11) is -4.12. The van der Waals surface area contributed by atoms with Gasteiger partial charge in [0.25, 0.3) is 10.0 Å². The normalized spacial score (nSPS) is 14.3. The highest BCUT2D eigenvalue weighted by atomic mass is 32.2. The van der Waals surface area contributed by atoms with Crippen molar-refractivity contribution >= 4 is 27.5 Å². The maximum absolute atomic E-state index is 14.6. The van der Waals surface area contributed by atoms with E-state index in [1.807, 2.05) is 80.6 Å². The van der Waals surface area contributed by atoms with Gasteiger partial charge in [-0.1, -0.05) is 115 Å². The van der Waals surface area contributed by atoms with E-state index in [4.69, 9.17) is 0 Å². The number of hydrogen-bond acceptors (Lipinski definition) is 4. The number of hydrogen-bond donors (Lipinski definition) is 1. The lowest BCUT2D eigenvalue weighted by Gasteiger charge is -2.35. The molecule has 0 radical (unpaired) electrons. The van der Waals surface area contributed by atoms with E-state index in [2.05, 4.69) is 5.32 Å². The fraction of sp³-hybridized carbons (Fsp3) is 0.316. The highest BCUT2D eigenvalue weighted by molar-refractivity contribution is 7.92. The molecule has 46 heavy (non-hydrogen) atoms. The van der Waals surface area contributed by atoms with Crippen molar-refractivity contribution in [2.75, 3.05) is 10.8 Å². The summed E-state index contributed by atoms with van der Waals surface area (Å²) in [5, 5.41) is 3.25. The van der Waals surface area contributed by atoms with Gasteiger partial charge in [-0.05, 0) is 62.1 Å². The second-order valence-electron chi connectivity index (χ2n) is 12.2. The van der Waals surface area contributed by atoms with Crippen molar-refractivity contribution in [2.45, 2.75) is 75.9 Å². The van der Waals surface area contributed by atoms with E-state index in [-0.39, 0.29) is 23.4 Å². The number of anilines is 1. The summed E-state index contributed by atoms with van der Waals surface area (Å²) in [6, 6.07) is 31.9. The molecule has 1 aliphatic rings. The smallest absolute Gasteiger partial charge is 0.264 e. The Hall–Kier alpha value is -4.43. The van der Waals surface area contributed by atoms with E-state index >= 15 is 0 Å². The second-order valence-corrected chi connectivity index (χ2v) is 14.1. The molecule has 0 unspecified atom stereocenters. The van der Waals surface area contributed by atoms with E-state index < -0.39 is 28.5 Å². The average Bonchev–Trinajstić information content (AvgIpc) is 3.07. The third-order valence-corrected chi connectivity index (χ3v) is 10.4. The summed E-state index contributed by atoms with van der Waals surface area (Å²) >= 11 is 0. The second kappa shape index (κ2) is 15.2. The Labute approximate surface area is 273 Å². The first-order valence-corrected chi connectivity index (χ1v) is 17.5. The molecule has 7 nitrogen and oxygen atoms in total. The molecule has 1 aliphatic carbocycles. The summed E-state index contributed by atoms with van der Waals surface area (Å²) in [6.45, 7) is 3.61. The van der Waals surface area contributed by atoms with Crippen LogP contribution in [0.5, 0.6) is 0 Å². The number of rotatable bonds is 12. The monoisotopic (exact) mass is 637 g/mol. The Balaban J connectivity index is 1.55. The fourth-order valence-electron chi connectivity index (χ4n) is 5.95. The van der Waals surface area contributed by atoms with Crippen LogP contribution in [0, 0.1) is 13.8 Å². The van der Waals surface area contributed by atoms with Gasteiger partial charge in [0.05, 0.1) is 10.6 Å². The molecule has 240 valence electrons. The third-order valence-electron chi connectivity index (χ3n) is 8.63. The van der Waals surface area contributed by atoms with Gasteiger partial charge in [-0.2, -0.15) is 0 Å². The molecule has 2 amide bonds. The van der Waals surface area contributed by atoms with Crippen molar-refractivity contribution in [1.82, 2.24) is 10.2 Å². The molecule has 1 atom stereocenters. The van der Waals surface area contributed by atoms with Gasteiger partial charge in [0, 0.05) is 19.0 Å². The van der Waals surface area contributed by atoms with Gasteiger partial charge in [-0.3, -0.25) is 13.9 Å². The minimum Gasteiger partial charge on any atom is -0.352 e. The molecule has 1 N–H and O–H groups in total. The van der Waals surface area contributed by atoms with E-state index in [0.29, 0.717) is 12.1 Å². The van der Waals surface area contributed by atoms with Crippen LogP contribution in [0.1, 0.15) is 54.4 Å². The standard InChI is InChI=1S/C38H43N3O4S/c1-29-18-22-32(23-19-29)27-40(36(26-31-12-6-3-7-13-31)38(43)39-33-14-8-4-9-15-33)37(42)28-41(34-24-20-30(2)21-25-34)46(44,45)35-16-10-5-11-17-35/h3,5-7,10-13,16-25,33,36H,4,8-9,14-15,26-28H2,1-2H3,(H,39,43)/t36-/m1/s1. The highest BCUT2D eigenvalue weighted by Gasteiger charge is 2.35. The van der Waals surface area contributed by atoms with E-state index in [1.54, 1.807) is 35.2 Å². The number of amides is 2. The zero-order valence-electron chi connectivity index (χ0n) is 26.6. The van der Waals surface area contributed by atoms with Gasteiger partial charge < -0.3 is 10.2 Å². The van der Waals surface area contributed by atoms with Crippen LogP contribution in [0.25, 0.3) is 0 Å². The molecule has 0 aromatic heterocycles. The SMILES string of the molecule is Cc1ccc(CN(C(=O)CN(c2ccc(C)cc2)S(=O)(=O)c2ccccc2)[C@H](Cc2ccccc2)C(=O)NC2CCCCC2)cc1. The Morgan fingerprint density at radius 3 is 1.91 bits per heavy atom. The van der Waals surface area contributed by atoms with E-state index in [0.717, 1.165) is 58.7 Å². The minimum absolute atomic E-state index is 0.0540. The van der Waals surface area contributed by atoms with Gasteiger partial charge in [-0.15, -0.1) is 0 Å². The topological polar surface area (TPSA) is 86.8 Å². The number of carbonyl (C=O) groups excluding carboxylic acids is 2. The van der Waals surface area contributed by atoms with Crippen molar-refractivity contribution in [3.8, 4) is 0 Å². The summed E-state index contributed by atoms with van der Waals surface area (Å²) < 4.78 is 29.4. The molecule has 4 aromatic carbocycles. The van der Waals surface area contributed by atoms with Crippen molar-refractivity contribution in [2.24, 2.45) is 0 Å². The predicted octanol–water partition coefficient (Wildman–Crippen LogP) is 6.59. The van der Waals surface area contributed by atoms with Crippen LogP contribution in [-0.2, 0) is 32.6 Å². The highest BCUT2D eigenvalue weighted by Crippen LogP contribution is 2.26. The molecule has 0 bridgehead atoms. The van der Waals surface area contributed by atoms with Crippen LogP contribution in [-0.4, -0.2) is 43.8 Å². The number of sulfonamides is 1. The van der Waals surface area contributed by atoms with Crippen LogP contribution in [0.4, 0.5) is 5.69 Å². The van der Waals surface area contributed by atoms with E-state index in [1.165, 1.54) is 12.1 Å². The van der Waals surface area contributed by atoms with E-state index in [9.17, 15) is 18.0 Å². The molecule has 0 spiro atoms. The maximum atomic E-state index is 14.6. The molecule has 1 fully saturated rings. The third kappa shape index (κ3) is 8.43. The van der Waals surface area contributed by atoms with Crippen molar-refractivity contribution in [3.05, 3.63) is 131 Å². The number of benzene rings is 4. The summed E-state index contributed by atoms with van der Waals surface area (Å²) in [6.07, 6.45) is 5.39. The molecule has 5 rings (SSSR count). The van der Waals surface area contributed by atoms with Crippen molar-refractivity contribution in [3.63, 3.8) is 0 Å². The zero-order chi connectivity index (χ0) is 32.5. The fourth-order valence-corrected chi connectivity index (χ4v) is 7.38. The first kappa shape index (κ1) is 32.9. The average molecular weight is 638 g/mol. The first-order chi connectivity index (χ1) is 22.2. The van der Waals surface area contributed by atoms with Gasteiger partial charge in [0.15, 0.2) is 0 Å². The van der Waals surface area contributed by atoms with Crippen LogP contribution in [0.3, 0.4) is 0 Å². The largest absolute Gasteiger partial charge is 0.352 e. The molecular weight excluding hydrogens is 595 g/mol. The lowest BCUT2D eigenvalue weighted by atomic mass is 9.94. The zero-order valence-corrected chi connectivity index (χ0v) is 27.5. The molecule has 1 saturated carbocycles. The molecule has 4 aromatic rings. The predicted molar refractivity (Wildman–Crippen MR) is 183 cm³/mol. The van der Waals surface area contributed by atoms with Crippen molar-refractivity contribution in [1.29, 1.82) is 0 Å². The molecule has 0 heterocycles. The summed E-state index contributed by atoms with van der Waals surface area (Å²) in [4.78, 5) is 30.4. The van der Waals surface area contributed by atoms with Gasteiger partial charge >= 0.3 is 0 Å². The minimum atomic E-state index is -4.12. The lowest BCUT2D eigenvalue weighted by molar-refractivity contribution is -0.140. The van der Waals surface area contributed by atoms with Crippen LogP contribution in [0.2, 0.25) is 0 Å². The Morgan fingerprint density at radius 1 is 0.739 bits per heavy atom. The number of nitrogens with zero attached hydrogens (tertiary/aromatic N) is 2.